The van der Waals surface area contributed by atoms with Crippen LogP contribution in [0.2, 0.25) is 0 Å². The molecule has 0 radical (unpaired) electrons. The number of aromatic nitrogens is 1. The van der Waals surface area contributed by atoms with Gasteiger partial charge in [-0.25, -0.2) is 18.1 Å². The fraction of sp³-hybridized carbons (Fsp3) is 0.308. The minimum absolute atomic E-state index is 0.0300. The van der Waals surface area contributed by atoms with Crippen LogP contribution in [0, 0.1) is 11.6 Å². The molecule has 0 aliphatic heterocycles. The third-order valence-corrected chi connectivity index (χ3v) is 2.58. The minimum atomic E-state index is -0.756. The predicted molar refractivity (Wildman–Crippen MR) is 65.4 cm³/mol. The molecule has 1 heterocycles. The second-order valence-corrected chi connectivity index (χ2v) is 4.26. The van der Waals surface area contributed by atoms with E-state index in [9.17, 15) is 13.6 Å². The van der Waals surface area contributed by atoms with Crippen LogP contribution in [0.1, 0.15) is 13.8 Å². The van der Waals surface area contributed by atoms with Gasteiger partial charge >= 0.3 is 6.09 Å². The van der Waals surface area contributed by atoms with Gasteiger partial charge in [-0.15, -0.1) is 0 Å². The number of hydrogen-bond donors (Lipinski definition) is 0. The first kappa shape index (κ1) is 13.3. The largest absolute Gasteiger partial charge is 0.494 e. The number of carbonyl (C=O) groups excluding carboxylic acids is 1. The lowest BCUT2D eigenvalue weighted by molar-refractivity contribution is 0.118. The molecule has 0 unspecified atom stereocenters. The van der Waals surface area contributed by atoms with Crippen LogP contribution in [0.15, 0.2) is 18.3 Å². The van der Waals surface area contributed by atoms with E-state index in [0.717, 1.165) is 10.6 Å². The fourth-order valence-corrected chi connectivity index (χ4v) is 1.79. The van der Waals surface area contributed by atoms with Gasteiger partial charge in [0.05, 0.1) is 18.7 Å². The summed E-state index contributed by atoms with van der Waals surface area (Å²) in [6, 6.07) is 2.20. The molecule has 2 aromatic rings. The Morgan fingerprint density at radius 3 is 2.63 bits per heavy atom. The van der Waals surface area contributed by atoms with Gasteiger partial charge in [0.15, 0.2) is 17.4 Å². The molecule has 0 aliphatic rings. The molecule has 1 aromatic heterocycles. The first-order valence-electron chi connectivity index (χ1n) is 5.69. The van der Waals surface area contributed by atoms with Crippen molar-refractivity contribution in [3.05, 3.63) is 30.0 Å². The van der Waals surface area contributed by atoms with Crippen LogP contribution in [-0.4, -0.2) is 23.9 Å². The van der Waals surface area contributed by atoms with Crippen LogP contribution in [0.4, 0.5) is 13.6 Å². The number of benzene rings is 1. The number of methoxy groups -OCH3 is 1. The molecule has 0 amide bonds. The van der Waals surface area contributed by atoms with Gasteiger partial charge in [0.25, 0.3) is 0 Å². The molecule has 0 bridgehead atoms. The predicted octanol–water partition coefficient (Wildman–Crippen LogP) is 3.32. The van der Waals surface area contributed by atoms with E-state index in [1.165, 1.54) is 19.4 Å². The van der Waals surface area contributed by atoms with Crippen molar-refractivity contribution >= 4 is 17.0 Å². The van der Waals surface area contributed by atoms with Crippen molar-refractivity contribution in [2.75, 3.05) is 7.11 Å². The Morgan fingerprint density at radius 2 is 2.05 bits per heavy atom. The van der Waals surface area contributed by atoms with Gasteiger partial charge in [-0.2, -0.15) is 0 Å². The van der Waals surface area contributed by atoms with E-state index in [0.29, 0.717) is 0 Å². The molecular formula is C13H13F2NO3. The summed E-state index contributed by atoms with van der Waals surface area (Å²) in [4.78, 5) is 11.8. The number of halogens is 2. The number of hydrogen-bond acceptors (Lipinski definition) is 3. The lowest BCUT2D eigenvalue weighted by Gasteiger charge is -2.10. The van der Waals surface area contributed by atoms with Crippen LogP contribution in [0.25, 0.3) is 10.9 Å². The Kier molecular flexibility index (Phi) is 3.42. The van der Waals surface area contributed by atoms with Crippen molar-refractivity contribution in [3.8, 4) is 5.75 Å². The van der Waals surface area contributed by atoms with Gasteiger partial charge in [0, 0.05) is 17.6 Å². The summed E-state index contributed by atoms with van der Waals surface area (Å²) >= 11 is 0. The summed E-state index contributed by atoms with van der Waals surface area (Å²) in [6.07, 6.45) is 0.158. The van der Waals surface area contributed by atoms with Crippen molar-refractivity contribution in [1.82, 2.24) is 4.57 Å². The zero-order valence-corrected chi connectivity index (χ0v) is 10.7. The molecule has 2 rings (SSSR count). The Labute approximate surface area is 108 Å². The highest BCUT2D eigenvalue weighted by Gasteiger charge is 2.20. The molecule has 4 nitrogen and oxygen atoms in total. The van der Waals surface area contributed by atoms with E-state index in [-0.39, 0.29) is 22.8 Å². The summed E-state index contributed by atoms with van der Waals surface area (Å²) in [5, 5.41) is -0.0300. The summed E-state index contributed by atoms with van der Waals surface area (Å²) in [5.74, 6) is -1.67. The smallest absolute Gasteiger partial charge is 0.418 e. The zero-order chi connectivity index (χ0) is 14.2. The number of ether oxygens (including phenoxy) is 2. The van der Waals surface area contributed by atoms with Gasteiger partial charge in [0.1, 0.15) is 0 Å². The maximum absolute atomic E-state index is 13.9. The van der Waals surface area contributed by atoms with E-state index in [4.69, 9.17) is 9.47 Å². The highest BCUT2D eigenvalue weighted by molar-refractivity contribution is 5.91. The normalized spacial score (nSPS) is 11.1. The van der Waals surface area contributed by atoms with E-state index in [1.54, 1.807) is 13.8 Å². The molecule has 0 atom stereocenters. The van der Waals surface area contributed by atoms with Crippen LogP contribution in [0.3, 0.4) is 0 Å². The topological polar surface area (TPSA) is 40.5 Å². The minimum Gasteiger partial charge on any atom is -0.494 e. The molecule has 102 valence electrons. The van der Waals surface area contributed by atoms with E-state index in [1.807, 2.05) is 0 Å². The molecule has 0 spiro atoms. The summed E-state index contributed by atoms with van der Waals surface area (Å²) in [7, 11) is 1.24. The summed E-state index contributed by atoms with van der Waals surface area (Å²) in [5.41, 5.74) is -0.163. The van der Waals surface area contributed by atoms with Crippen molar-refractivity contribution in [2.45, 2.75) is 20.0 Å². The average molecular weight is 269 g/mol. The highest BCUT2D eigenvalue weighted by Crippen LogP contribution is 2.30. The lowest BCUT2D eigenvalue weighted by atomic mass is 10.2. The van der Waals surface area contributed by atoms with E-state index < -0.39 is 17.7 Å². The van der Waals surface area contributed by atoms with Gasteiger partial charge in [0.2, 0.25) is 0 Å². The monoisotopic (exact) mass is 269 g/mol. The number of fused-ring (bicyclic) bond motifs is 1. The summed E-state index contributed by atoms with van der Waals surface area (Å²) in [6.45, 7) is 3.34. The van der Waals surface area contributed by atoms with Crippen LogP contribution in [0.5, 0.6) is 5.75 Å². The first-order valence-corrected chi connectivity index (χ1v) is 5.69. The molecule has 0 aliphatic carbocycles. The fourth-order valence-electron chi connectivity index (χ4n) is 1.79. The molecule has 1 aromatic carbocycles. The SMILES string of the molecule is COc1cc(F)c2c(ccn2C(=O)OC(C)C)c1F. The Hall–Kier alpha value is -2.11. The first-order chi connectivity index (χ1) is 8.95. The molecule has 6 heteroatoms. The van der Waals surface area contributed by atoms with Gasteiger partial charge in [-0.3, -0.25) is 0 Å². The Balaban J connectivity index is 2.60. The van der Waals surface area contributed by atoms with Crippen LogP contribution in [-0.2, 0) is 4.74 Å². The Bertz CT molecular complexity index is 634. The Morgan fingerprint density at radius 1 is 1.37 bits per heavy atom. The van der Waals surface area contributed by atoms with E-state index >= 15 is 0 Å². The van der Waals surface area contributed by atoms with Crippen molar-refractivity contribution in [2.24, 2.45) is 0 Å². The maximum atomic E-state index is 13.9. The quantitative estimate of drug-likeness (QED) is 0.839. The zero-order valence-electron chi connectivity index (χ0n) is 10.7. The lowest BCUT2D eigenvalue weighted by Crippen LogP contribution is -2.17. The van der Waals surface area contributed by atoms with Crippen LogP contribution < -0.4 is 4.74 Å². The van der Waals surface area contributed by atoms with Crippen molar-refractivity contribution in [3.63, 3.8) is 0 Å². The molecule has 0 saturated carbocycles. The molecule has 0 saturated heterocycles. The van der Waals surface area contributed by atoms with Gasteiger partial charge in [-0.05, 0) is 19.9 Å². The van der Waals surface area contributed by atoms with E-state index in [2.05, 4.69) is 0 Å². The standard InChI is InChI=1S/C13H13F2NO3/c1-7(2)19-13(17)16-5-4-8-11(15)10(18-3)6-9(14)12(8)16/h4-7H,1-3H3. The van der Waals surface area contributed by atoms with Gasteiger partial charge < -0.3 is 9.47 Å². The van der Waals surface area contributed by atoms with Crippen molar-refractivity contribution < 1.29 is 23.0 Å². The maximum Gasteiger partial charge on any atom is 0.418 e. The van der Waals surface area contributed by atoms with Crippen LogP contribution >= 0.6 is 0 Å². The highest BCUT2D eigenvalue weighted by atomic mass is 19.1. The molecular weight excluding hydrogens is 256 g/mol. The average Bonchev–Trinajstić information content (AvgIpc) is 2.78. The molecule has 0 fully saturated rings. The number of rotatable bonds is 2. The second kappa shape index (κ2) is 4.87. The van der Waals surface area contributed by atoms with Crippen molar-refractivity contribution in [1.29, 1.82) is 0 Å². The molecule has 0 N–H and O–H groups in total. The number of carbonyl (C=O) groups is 1. The third-order valence-electron chi connectivity index (χ3n) is 2.58. The number of nitrogens with zero attached hydrogens (tertiary/aromatic N) is 1. The third kappa shape index (κ3) is 2.25. The van der Waals surface area contributed by atoms with Gasteiger partial charge in [-0.1, -0.05) is 0 Å². The molecule has 19 heavy (non-hydrogen) atoms. The summed E-state index contributed by atoms with van der Waals surface area (Å²) < 4.78 is 38.5. The second-order valence-electron chi connectivity index (χ2n) is 4.26.